The van der Waals surface area contributed by atoms with Crippen LogP contribution >= 0.6 is 0 Å². The van der Waals surface area contributed by atoms with Gasteiger partial charge in [0.2, 0.25) is 5.95 Å². The lowest BCUT2D eigenvalue weighted by Crippen LogP contribution is -2.21. The van der Waals surface area contributed by atoms with E-state index in [2.05, 4.69) is 56.3 Å². The molecule has 3 aromatic carbocycles. The summed E-state index contributed by atoms with van der Waals surface area (Å²) in [6.45, 7) is 1.71. The molecule has 4 aromatic rings. The van der Waals surface area contributed by atoms with Gasteiger partial charge in [-0.05, 0) is 73.2 Å². The molecular weight excluding hydrogens is 540 g/mol. The zero-order valence-electron chi connectivity index (χ0n) is 22.9. The minimum absolute atomic E-state index is 0.0987. The Labute approximate surface area is 239 Å². The van der Waals surface area contributed by atoms with Crippen molar-refractivity contribution >= 4 is 39.0 Å². The quantitative estimate of drug-likeness (QED) is 0.134. The van der Waals surface area contributed by atoms with Crippen molar-refractivity contribution in [2.45, 2.75) is 36.6 Å². The van der Waals surface area contributed by atoms with Crippen molar-refractivity contribution in [2.75, 3.05) is 28.8 Å². The number of aliphatic hydroxyl groups excluding tert-OH is 1. The molecule has 6 N–H and O–H groups in total. The summed E-state index contributed by atoms with van der Waals surface area (Å²) in [6, 6.07) is 23.9. The van der Waals surface area contributed by atoms with Crippen molar-refractivity contribution < 1.29 is 19.2 Å². The van der Waals surface area contributed by atoms with E-state index < -0.39 is 15.8 Å². The number of rotatable bonds is 9. The summed E-state index contributed by atoms with van der Waals surface area (Å²) >= 11 is 0. The van der Waals surface area contributed by atoms with E-state index in [0.29, 0.717) is 33.6 Å². The lowest BCUT2D eigenvalue weighted by Gasteiger charge is -2.17. The number of anilines is 4. The third-order valence-electron chi connectivity index (χ3n) is 6.30. The zero-order valence-corrected chi connectivity index (χ0v) is 23.7. The number of nitrogens with zero attached hydrogens (tertiary/aromatic N) is 2. The van der Waals surface area contributed by atoms with E-state index in [-0.39, 0.29) is 12.6 Å². The van der Waals surface area contributed by atoms with E-state index in [1.54, 1.807) is 61.7 Å². The Morgan fingerprint density at radius 2 is 1.66 bits per heavy atom. The van der Waals surface area contributed by atoms with Gasteiger partial charge in [-0.1, -0.05) is 42.5 Å². The number of aromatic nitrogens is 2. The first kappa shape index (κ1) is 29.5. The number of hydrogen-bond donors (Lipinski definition) is 6. The first-order valence-corrected chi connectivity index (χ1v) is 15.1. The maximum atomic E-state index is 11.8. The lowest BCUT2D eigenvalue weighted by molar-refractivity contribution is 0.209. The van der Waals surface area contributed by atoms with Gasteiger partial charge in [-0.15, -0.1) is 0 Å². The van der Waals surface area contributed by atoms with Gasteiger partial charge in [-0.2, -0.15) is 4.98 Å². The van der Waals surface area contributed by atoms with E-state index in [1.807, 2.05) is 0 Å². The molecule has 1 aliphatic rings. The average Bonchev–Trinajstić information content (AvgIpc) is 3.80. The SMILES string of the molecule is C[C@H](CO)Nc1nc(Nc2ccc(S(C)(=N)=O)cc2)ncc1-c1ccc(NC(=O)O)cc1.c1ccc(C2CC2)cc1. The molecule has 1 fully saturated rings. The fourth-order valence-corrected chi connectivity index (χ4v) is 4.62. The molecule has 1 aliphatic carbocycles. The van der Waals surface area contributed by atoms with Gasteiger partial charge in [0, 0.05) is 40.3 Å². The second-order valence-corrected chi connectivity index (χ2v) is 12.0. The summed E-state index contributed by atoms with van der Waals surface area (Å²) in [5.41, 5.74) is 4.06. The first-order valence-electron chi connectivity index (χ1n) is 13.1. The third-order valence-corrected chi connectivity index (χ3v) is 7.47. The Balaban J connectivity index is 0.000000360. The number of nitrogens with one attached hydrogen (secondary N) is 4. The molecule has 0 saturated heterocycles. The average molecular weight is 575 g/mol. The number of carbonyl (C=O) groups is 1. The molecule has 10 nitrogen and oxygen atoms in total. The minimum atomic E-state index is -2.79. The molecule has 5 rings (SSSR count). The Kier molecular flexibility index (Phi) is 9.53. The van der Waals surface area contributed by atoms with Crippen LogP contribution in [0.25, 0.3) is 11.1 Å². The standard InChI is InChI=1S/C21H24N6O4S.C9H10/c1-13(12-28)24-19-18(14-3-5-16(6-4-14)26-21(29)30)11-23-20(27-19)25-15-7-9-17(10-8-15)32(2,22)31;1-2-4-8(5-3-1)9-6-7-9/h3-11,13,22,26,28H,12H2,1-2H3,(H,29,30)(H2,23,24,25,27);1-5,9H,6-7H2/t13-,32?;/m1./s1. The normalized spacial score (nSPS) is 14.5. The van der Waals surface area contributed by atoms with Crippen molar-refractivity contribution in [1.29, 1.82) is 4.78 Å². The van der Waals surface area contributed by atoms with Crippen LogP contribution in [-0.2, 0) is 9.73 Å². The Morgan fingerprint density at radius 1 is 1.02 bits per heavy atom. The third kappa shape index (κ3) is 8.75. The highest BCUT2D eigenvalue weighted by molar-refractivity contribution is 7.91. The molecule has 0 radical (unpaired) electrons. The molecule has 214 valence electrons. The molecule has 41 heavy (non-hydrogen) atoms. The van der Waals surface area contributed by atoms with E-state index in [0.717, 1.165) is 11.5 Å². The monoisotopic (exact) mass is 574 g/mol. The summed E-state index contributed by atoms with van der Waals surface area (Å²) in [6.07, 6.45) is 4.65. The van der Waals surface area contributed by atoms with Crippen molar-refractivity contribution in [3.8, 4) is 11.1 Å². The maximum Gasteiger partial charge on any atom is 0.409 e. The van der Waals surface area contributed by atoms with Gasteiger partial charge in [0.05, 0.1) is 16.3 Å². The fourth-order valence-electron chi connectivity index (χ4n) is 3.97. The Bertz CT molecular complexity index is 1560. The second kappa shape index (κ2) is 13.2. The van der Waals surface area contributed by atoms with Gasteiger partial charge in [0.25, 0.3) is 0 Å². The molecule has 11 heteroatoms. The van der Waals surface area contributed by atoms with Crippen LogP contribution in [0.5, 0.6) is 0 Å². The van der Waals surface area contributed by atoms with Crippen molar-refractivity contribution in [1.82, 2.24) is 9.97 Å². The second-order valence-electron chi connectivity index (χ2n) is 9.87. The predicted octanol–water partition coefficient (Wildman–Crippen LogP) is 6.37. The number of aliphatic hydroxyl groups is 1. The molecular formula is C30H34N6O4S. The molecule has 1 unspecified atom stereocenters. The molecule has 0 aliphatic heterocycles. The lowest BCUT2D eigenvalue weighted by atomic mass is 10.1. The van der Waals surface area contributed by atoms with Crippen molar-refractivity contribution in [2.24, 2.45) is 0 Å². The van der Waals surface area contributed by atoms with E-state index in [4.69, 9.17) is 9.89 Å². The molecule has 1 heterocycles. The van der Waals surface area contributed by atoms with Crippen LogP contribution in [0, 0.1) is 4.78 Å². The molecule has 0 spiro atoms. The summed E-state index contributed by atoms with van der Waals surface area (Å²) in [5, 5.41) is 26.8. The van der Waals surface area contributed by atoms with Crippen molar-refractivity contribution in [3.05, 3.63) is 90.6 Å². The largest absolute Gasteiger partial charge is 0.465 e. The van der Waals surface area contributed by atoms with Crippen LogP contribution in [0.1, 0.15) is 31.2 Å². The van der Waals surface area contributed by atoms with E-state index >= 15 is 0 Å². The number of amides is 1. The zero-order chi connectivity index (χ0) is 29.4. The number of hydrogen-bond acceptors (Lipinski definition) is 8. The molecule has 1 aromatic heterocycles. The smallest absolute Gasteiger partial charge is 0.409 e. The van der Waals surface area contributed by atoms with Crippen LogP contribution in [0.4, 0.5) is 27.9 Å². The van der Waals surface area contributed by atoms with Crippen LogP contribution in [0.2, 0.25) is 0 Å². The fraction of sp³-hybridized carbons (Fsp3) is 0.233. The minimum Gasteiger partial charge on any atom is -0.465 e. The van der Waals surface area contributed by atoms with E-state index in [1.165, 1.54) is 24.7 Å². The van der Waals surface area contributed by atoms with Crippen LogP contribution in [0.3, 0.4) is 0 Å². The molecule has 2 atom stereocenters. The predicted molar refractivity (Wildman–Crippen MR) is 162 cm³/mol. The van der Waals surface area contributed by atoms with Crippen LogP contribution < -0.4 is 16.0 Å². The summed E-state index contributed by atoms with van der Waals surface area (Å²) < 4.78 is 19.5. The van der Waals surface area contributed by atoms with Gasteiger partial charge in [0.1, 0.15) is 5.82 Å². The van der Waals surface area contributed by atoms with Crippen molar-refractivity contribution in [3.63, 3.8) is 0 Å². The highest BCUT2D eigenvalue weighted by Gasteiger charge is 2.22. The highest BCUT2D eigenvalue weighted by atomic mass is 32.2. The summed E-state index contributed by atoms with van der Waals surface area (Å²) in [7, 11) is -2.79. The Morgan fingerprint density at radius 3 is 2.22 bits per heavy atom. The van der Waals surface area contributed by atoms with Gasteiger partial charge in [0.15, 0.2) is 0 Å². The molecule has 0 bridgehead atoms. The van der Waals surface area contributed by atoms with Gasteiger partial charge in [-0.3, -0.25) is 5.32 Å². The van der Waals surface area contributed by atoms with Gasteiger partial charge in [-0.25, -0.2) is 18.8 Å². The van der Waals surface area contributed by atoms with E-state index in [9.17, 15) is 14.1 Å². The Hall–Kier alpha value is -4.48. The van der Waals surface area contributed by atoms with Crippen LogP contribution in [0.15, 0.2) is 90.0 Å². The van der Waals surface area contributed by atoms with Gasteiger partial charge >= 0.3 is 6.09 Å². The topological polar surface area (TPSA) is 160 Å². The highest BCUT2D eigenvalue weighted by Crippen LogP contribution is 2.39. The summed E-state index contributed by atoms with van der Waals surface area (Å²) in [4.78, 5) is 20.1. The van der Waals surface area contributed by atoms with Crippen LogP contribution in [-0.4, -0.2) is 49.4 Å². The molecule has 1 amide bonds. The maximum absolute atomic E-state index is 11.8. The number of carboxylic acid groups (broad SMARTS) is 1. The first-order chi connectivity index (χ1) is 19.6. The summed E-state index contributed by atoms with van der Waals surface area (Å²) in [5.74, 6) is 1.70. The van der Waals surface area contributed by atoms with Gasteiger partial charge < -0.3 is 20.8 Å². The molecule has 1 saturated carbocycles. The number of benzene rings is 3.